The molecule has 0 spiro atoms. The SMILES string of the molecule is CCc1ccc(Oc2ccc(C(C)=O)cc2)cc1. The van der Waals surface area contributed by atoms with Crippen LogP contribution in [0.4, 0.5) is 0 Å². The van der Waals surface area contributed by atoms with Crippen LogP contribution in [-0.4, -0.2) is 5.78 Å². The van der Waals surface area contributed by atoms with Crippen LogP contribution in [-0.2, 0) is 6.42 Å². The van der Waals surface area contributed by atoms with Gasteiger partial charge in [-0.05, 0) is 55.3 Å². The van der Waals surface area contributed by atoms with Crippen molar-refractivity contribution in [3.63, 3.8) is 0 Å². The van der Waals surface area contributed by atoms with Crippen LogP contribution >= 0.6 is 0 Å². The number of aryl methyl sites for hydroxylation is 1. The Balaban J connectivity index is 2.10. The van der Waals surface area contributed by atoms with Crippen LogP contribution in [0.5, 0.6) is 11.5 Å². The van der Waals surface area contributed by atoms with E-state index in [2.05, 4.69) is 19.1 Å². The maximum Gasteiger partial charge on any atom is 0.159 e. The average Bonchev–Trinajstić information content (AvgIpc) is 2.40. The third-order valence-electron chi connectivity index (χ3n) is 2.83. The lowest BCUT2D eigenvalue weighted by atomic mass is 10.1. The third kappa shape index (κ3) is 2.98. The van der Waals surface area contributed by atoms with Crippen molar-refractivity contribution in [2.45, 2.75) is 20.3 Å². The summed E-state index contributed by atoms with van der Waals surface area (Å²) >= 11 is 0. The second-order valence-corrected chi connectivity index (χ2v) is 4.18. The molecule has 2 aromatic carbocycles. The first-order valence-corrected chi connectivity index (χ1v) is 6.07. The maximum atomic E-state index is 11.1. The first kappa shape index (κ1) is 12.4. The molecule has 0 N–H and O–H groups in total. The number of Topliss-reactive ketones (excluding diaryl/α,β-unsaturated/α-hetero) is 1. The van der Waals surface area contributed by atoms with Crippen molar-refractivity contribution in [3.8, 4) is 11.5 Å². The highest BCUT2D eigenvalue weighted by atomic mass is 16.5. The fourth-order valence-electron chi connectivity index (χ4n) is 1.69. The molecule has 0 radical (unpaired) electrons. The molecule has 0 bridgehead atoms. The van der Waals surface area contributed by atoms with Crippen LogP contribution in [0.25, 0.3) is 0 Å². The van der Waals surface area contributed by atoms with Crippen molar-refractivity contribution in [1.29, 1.82) is 0 Å². The lowest BCUT2D eigenvalue weighted by Gasteiger charge is -2.06. The monoisotopic (exact) mass is 240 g/mol. The van der Waals surface area contributed by atoms with E-state index in [1.165, 1.54) is 5.56 Å². The van der Waals surface area contributed by atoms with Gasteiger partial charge < -0.3 is 4.74 Å². The summed E-state index contributed by atoms with van der Waals surface area (Å²) in [6, 6.07) is 15.2. The summed E-state index contributed by atoms with van der Waals surface area (Å²) in [6.45, 7) is 3.68. The van der Waals surface area contributed by atoms with Crippen molar-refractivity contribution in [3.05, 3.63) is 59.7 Å². The zero-order chi connectivity index (χ0) is 13.0. The summed E-state index contributed by atoms with van der Waals surface area (Å²) in [5.41, 5.74) is 1.98. The average molecular weight is 240 g/mol. The molecule has 0 unspecified atom stereocenters. The van der Waals surface area contributed by atoms with Gasteiger partial charge in [-0.3, -0.25) is 4.79 Å². The van der Waals surface area contributed by atoms with E-state index in [0.717, 1.165) is 17.9 Å². The van der Waals surface area contributed by atoms with Crippen LogP contribution < -0.4 is 4.74 Å². The Morgan fingerprint density at radius 2 is 1.44 bits per heavy atom. The minimum atomic E-state index is 0.0637. The van der Waals surface area contributed by atoms with E-state index < -0.39 is 0 Å². The Labute approximate surface area is 107 Å². The van der Waals surface area contributed by atoms with Gasteiger partial charge in [-0.15, -0.1) is 0 Å². The number of ether oxygens (including phenoxy) is 1. The van der Waals surface area contributed by atoms with Crippen molar-refractivity contribution in [2.24, 2.45) is 0 Å². The summed E-state index contributed by atoms with van der Waals surface area (Å²) in [4.78, 5) is 11.1. The molecular formula is C16H16O2. The molecule has 0 aliphatic rings. The molecule has 0 fully saturated rings. The minimum Gasteiger partial charge on any atom is -0.457 e. The lowest BCUT2D eigenvalue weighted by molar-refractivity contribution is 0.101. The molecule has 0 saturated carbocycles. The standard InChI is InChI=1S/C16H16O2/c1-3-13-4-8-15(9-5-13)18-16-10-6-14(7-11-16)12(2)17/h4-11H,3H2,1-2H3. The molecule has 0 aromatic heterocycles. The zero-order valence-electron chi connectivity index (χ0n) is 10.6. The third-order valence-corrected chi connectivity index (χ3v) is 2.83. The molecule has 0 atom stereocenters. The van der Waals surface area contributed by atoms with Gasteiger partial charge in [0.1, 0.15) is 11.5 Å². The quantitative estimate of drug-likeness (QED) is 0.747. The fraction of sp³-hybridized carbons (Fsp3) is 0.188. The molecule has 92 valence electrons. The first-order valence-electron chi connectivity index (χ1n) is 6.07. The van der Waals surface area contributed by atoms with Gasteiger partial charge >= 0.3 is 0 Å². The second-order valence-electron chi connectivity index (χ2n) is 4.18. The van der Waals surface area contributed by atoms with Gasteiger partial charge in [-0.25, -0.2) is 0 Å². The maximum absolute atomic E-state index is 11.1. The Kier molecular flexibility index (Phi) is 3.78. The van der Waals surface area contributed by atoms with Gasteiger partial charge in [0.05, 0.1) is 0 Å². The molecule has 2 aromatic rings. The smallest absolute Gasteiger partial charge is 0.159 e. The van der Waals surface area contributed by atoms with E-state index in [0.29, 0.717) is 5.56 Å². The van der Waals surface area contributed by atoms with E-state index >= 15 is 0 Å². The molecular weight excluding hydrogens is 224 g/mol. The molecule has 0 aliphatic carbocycles. The molecule has 2 heteroatoms. The number of rotatable bonds is 4. The highest BCUT2D eigenvalue weighted by Crippen LogP contribution is 2.22. The van der Waals surface area contributed by atoms with Gasteiger partial charge in [0.25, 0.3) is 0 Å². The lowest BCUT2D eigenvalue weighted by Crippen LogP contribution is -1.91. The van der Waals surface area contributed by atoms with Gasteiger partial charge in [-0.1, -0.05) is 19.1 Å². The predicted octanol–water partition coefficient (Wildman–Crippen LogP) is 4.24. The normalized spacial score (nSPS) is 10.1. The van der Waals surface area contributed by atoms with Gasteiger partial charge in [0.15, 0.2) is 5.78 Å². The van der Waals surface area contributed by atoms with E-state index in [4.69, 9.17) is 4.74 Å². The predicted molar refractivity (Wildman–Crippen MR) is 72.3 cm³/mol. The topological polar surface area (TPSA) is 26.3 Å². The van der Waals surface area contributed by atoms with Crippen LogP contribution in [0.2, 0.25) is 0 Å². The summed E-state index contributed by atoms with van der Waals surface area (Å²) < 4.78 is 5.70. The minimum absolute atomic E-state index is 0.0637. The number of hydrogen-bond acceptors (Lipinski definition) is 2. The second kappa shape index (κ2) is 5.50. The van der Waals surface area contributed by atoms with Gasteiger partial charge in [-0.2, -0.15) is 0 Å². The number of benzene rings is 2. The highest BCUT2D eigenvalue weighted by molar-refractivity contribution is 5.94. The van der Waals surface area contributed by atoms with Crippen LogP contribution in [0.15, 0.2) is 48.5 Å². The molecule has 0 saturated heterocycles. The van der Waals surface area contributed by atoms with Gasteiger partial charge in [0.2, 0.25) is 0 Å². The van der Waals surface area contributed by atoms with E-state index in [-0.39, 0.29) is 5.78 Å². The Bertz CT molecular complexity index is 524. The van der Waals surface area contributed by atoms with Gasteiger partial charge in [0, 0.05) is 5.56 Å². The Morgan fingerprint density at radius 1 is 0.944 bits per heavy atom. The summed E-state index contributed by atoms with van der Waals surface area (Å²) in [6.07, 6.45) is 1.02. The zero-order valence-corrected chi connectivity index (χ0v) is 10.6. The van der Waals surface area contributed by atoms with Crippen molar-refractivity contribution < 1.29 is 9.53 Å². The Hall–Kier alpha value is -2.09. The molecule has 18 heavy (non-hydrogen) atoms. The number of ketones is 1. The van der Waals surface area contributed by atoms with Crippen molar-refractivity contribution in [2.75, 3.05) is 0 Å². The highest BCUT2D eigenvalue weighted by Gasteiger charge is 2.00. The van der Waals surface area contributed by atoms with Crippen LogP contribution in [0.3, 0.4) is 0 Å². The van der Waals surface area contributed by atoms with E-state index in [1.54, 1.807) is 19.1 Å². The largest absolute Gasteiger partial charge is 0.457 e. The molecule has 2 nitrogen and oxygen atoms in total. The summed E-state index contributed by atoms with van der Waals surface area (Å²) in [5, 5.41) is 0. The van der Waals surface area contributed by atoms with Crippen LogP contribution in [0.1, 0.15) is 29.8 Å². The molecule has 0 amide bonds. The fourth-order valence-corrected chi connectivity index (χ4v) is 1.69. The summed E-state index contributed by atoms with van der Waals surface area (Å²) in [5.74, 6) is 1.61. The molecule has 0 heterocycles. The first-order chi connectivity index (χ1) is 8.69. The van der Waals surface area contributed by atoms with Crippen molar-refractivity contribution >= 4 is 5.78 Å². The number of carbonyl (C=O) groups is 1. The molecule has 0 aliphatic heterocycles. The van der Waals surface area contributed by atoms with Crippen molar-refractivity contribution in [1.82, 2.24) is 0 Å². The Morgan fingerprint density at radius 3 is 1.89 bits per heavy atom. The van der Waals surface area contributed by atoms with Crippen LogP contribution in [0, 0.1) is 0 Å². The van der Waals surface area contributed by atoms with E-state index in [1.807, 2.05) is 24.3 Å². The van der Waals surface area contributed by atoms with E-state index in [9.17, 15) is 4.79 Å². The molecule has 2 rings (SSSR count). The number of hydrogen-bond donors (Lipinski definition) is 0. The summed E-state index contributed by atoms with van der Waals surface area (Å²) in [7, 11) is 0. The number of carbonyl (C=O) groups excluding carboxylic acids is 1.